The number of nitrogens with one attached hydrogen (secondary N) is 1. The molecule has 0 fully saturated rings. The van der Waals surface area contributed by atoms with E-state index in [-0.39, 0.29) is 5.56 Å². The molecule has 0 aliphatic carbocycles. The minimum absolute atomic E-state index is 0.169. The van der Waals surface area contributed by atoms with E-state index in [1.807, 2.05) is 49.4 Å². The average molecular weight is 370 g/mol. The number of fused-ring (bicyclic) bond motifs is 1. The summed E-state index contributed by atoms with van der Waals surface area (Å²) in [5.74, 6) is 5.33. The molecule has 0 radical (unpaired) electrons. The van der Waals surface area contributed by atoms with Crippen molar-refractivity contribution in [3.05, 3.63) is 94.3 Å². The summed E-state index contributed by atoms with van der Waals surface area (Å²) in [6.45, 7) is 2.01. The molecule has 0 spiro atoms. The fourth-order valence-electron chi connectivity index (χ4n) is 3.11. The van der Waals surface area contributed by atoms with Crippen molar-refractivity contribution in [3.8, 4) is 17.1 Å². The van der Waals surface area contributed by atoms with E-state index < -0.39 is 5.91 Å². The summed E-state index contributed by atoms with van der Waals surface area (Å²) in [5.41, 5.74) is 5.54. The quantitative estimate of drug-likeness (QED) is 0.330. The van der Waals surface area contributed by atoms with E-state index in [0.717, 1.165) is 11.1 Å². The van der Waals surface area contributed by atoms with Crippen LogP contribution >= 0.6 is 0 Å². The van der Waals surface area contributed by atoms with Crippen LogP contribution in [0.5, 0.6) is 0 Å². The number of carbonyl (C=O) groups is 1. The number of nitrogen functional groups attached to an aromatic ring is 1. The van der Waals surface area contributed by atoms with Crippen LogP contribution < -0.4 is 16.8 Å². The lowest BCUT2D eigenvalue weighted by atomic mass is 10.1. The number of hydrogen-bond acceptors (Lipinski definition) is 4. The molecule has 0 atom stereocenters. The molecule has 0 unspecified atom stereocenters. The molecular weight excluding hydrogens is 352 g/mol. The number of hydrogen-bond donors (Lipinski definition) is 2. The van der Waals surface area contributed by atoms with E-state index in [0.29, 0.717) is 28.0 Å². The first-order valence-electron chi connectivity index (χ1n) is 8.79. The van der Waals surface area contributed by atoms with Crippen molar-refractivity contribution in [2.45, 2.75) is 6.92 Å². The van der Waals surface area contributed by atoms with Gasteiger partial charge in [-0.1, -0.05) is 42.0 Å². The van der Waals surface area contributed by atoms with Gasteiger partial charge in [0.1, 0.15) is 5.82 Å². The van der Waals surface area contributed by atoms with E-state index in [1.54, 1.807) is 34.9 Å². The van der Waals surface area contributed by atoms with E-state index in [9.17, 15) is 9.59 Å². The van der Waals surface area contributed by atoms with Gasteiger partial charge in [-0.25, -0.2) is 10.8 Å². The largest absolute Gasteiger partial charge is 0.290 e. The lowest BCUT2D eigenvalue weighted by molar-refractivity contribution is 0.0953. The number of nitrogens with two attached hydrogens (primary N) is 1. The fourth-order valence-corrected chi connectivity index (χ4v) is 3.11. The van der Waals surface area contributed by atoms with Gasteiger partial charge in [0, 0.05) is 11.1 Å². The second-order valence-electron chi connectivity index (χ2n) is 6.48. The number of nitrogens with zero attached hydrogens (tertiary/aromatic N) is 2. The number of amides is 1. The summed E-state index contributed by atoms with van der Waals surface area (Å²) in [4.78, 5) is 29.7. The molecule has 0 aliphatic rings. The number of aryl methyl sites for hydroxylation is 1. The summed E-state index contributed by atoms with van der Waals surface area (Å²) >= 11 is 0. The highest BCUT2D eigenvalue weighted by Crippen LogP contribution is 2.23. The van der Waals surface area contributed by atoms with Gasteiger partial charge in [0.2, 0.25) is 0 Å². The van der Waals surface area contributed by atoms with Gasteiger partial charge < -0.3 is 0 Å². The number of hydrazine groups is 1. The van der Waals surface area contributed by atoms with Crippen LogP contribution in [0.2, 0.25) is 0 Å². The third-order valence-corrected chi connectivity index (χ3v) is 4.60. The van der Waals surface area contributed by atoms with Crippen LogP contribution in [0.1, 0.15) is 15.9 Å². The molecule has 6 heteroatoms. The molecule has 0 saturated carbocycles. The third kappa shape index (κ3) is 3.06. The highest BCUT2D eigenvalue weighted by Gasteiger charge is 2.15. The summed E-state index contributed by atoms with van der Waals surface area (Å²) in [5, 5.41) is 0.530. The molecule has 0 saturated heterocycles. The lowest BCUT2D eigenvalue weighted by Crippen LogP contribution is -2.30. The highest BCUT2D eigenvalue weighted by molar-refractivity contribution is 5.94. The number of carbonyl (C=O) groups excluding carboxylic acids is 1. The topological polar surface area (TPSA) is 90.0 Å². The van der Waals surface area contributed by atoms with Crippen LogP contribution in [-0.2, 0) is 0 Å². The van der Waals surface area contributed by atoms with Gasteiger partial charge in [-0.15, -0.1) is 0 Å². The Balaban J connectivity index is 1.99. The second kappa shape index (κ2) is 7.09. The maximum Gasteiger partial charge on any atom is 0.266 e. The normalized spacial score (nSPS) is 10.8. The van der Waals surface area contributed by atoms with Gasteiger partial charge in [-0.05, 0) is 43.3 Å². The Hall–Kier alpha value is -3.77. The SMILES string of the molecule is Cc1ccc(-c2nc3ccccc3c(=O)n2-c2ccc(C(=O)NN)cc2)cc1. The summed E-state index contributed by atoms with van der Waals surface area (Å²) in [6, 6.07) is 21.8. The molecule has 1 amide bonds. The van der Waals surface area contributed by atoms with Gasteiger partial charge in [0.25, 0.3) is 11.5 Å². The molecule has 1 aromatic heterocycles. The zero-order valence-corrected chi connectivity index (χ0v) is 15.2. The smallest absolute Gasteiger partial charge is 0.266 e. The Kier molecular flexibility index (Phi) is 4.47. The molecule has 138 valence electrons. The van der Waals surface area contributed by atoms with Crippen LogP contribution in [0.25, 0.3) is 28.0 Å². The Labute approximate surface area is 161 Å². The van der Waals surface area contributed by atoms with E-state index in [4.69, 9.17) is 10.8 Å². The number of aromatic nitrogens is 2. The summed E-state index contributed by atoms with van der Waals surface area (Å²) in [7, 11) is 0. The van der Waals surface area contributed by atoms with Crippen molar-refractivity contribution in [1.82, 2.24) is 15.0 Å². The molecule has 28 heavy (non-hydrogen) atoms. The Morgan fingerprint density at radius 3 is 2.32 bits per heavy atom. The monoisotopic (exact) mass is 370 g/mol. The highest BCUT2D eigenvalue weighted by atomic mass is 16.2. The zero-order valence-electron chi connectivity index (χ0n) is 15.2. The van der Waals surface area contributed by atoms with Crippen molar-refractivity contribution in [1.29, 1.82) is 0 Å². The molecule has 0 bridgehead atoms. The van der Waals surface area contributed by atoms with Crippen LogP contribution in [0.3, 0.4) is 0 Å². The summed E-state index contributed by atoms with van der Waals surface area (Å²) < 4.78 is 1.57. The third-order valence-electron chi connectivity index (χ3n) is 4.60. The second-order valence-corrected chi connectivity index (χ2v) is 6.48. The maximum absolute atomic E-state index is 13.3. The van der Waals surface area contributed by atoms with Gasteiger partial charge in [-0.3, -0.25) is 19.6 Å². The molecule has 3 N–H and O–H groups in total. The molecule has 6 nitrogen and oxygen atoms in total. The number of benzene rings is 3. The predicted molar refractivity (Wildman–Crippen MR) is 109 cm³/mol. The molecule has 3 aromatic carbocycles. The van der Waals surface area contributed by atoms with Crippen molar-refractivity contribution >= 4 is 16.8 Å². The molecule has 4 rings (SSSR count). The van der Waals surface area contributed by atoms with E-state index >= 15 is 0 Å². The fraction of sp³-hybridized carbons (Fsp3) is 0.0455. The van der Waals surface area contributed by atoms with Gasteiger partial charge in [0.15, 0.2) is 0 Å². The van der Waals surface area contributed by atoms with Crippen LogP contribution in [0, 0.1) is 6.92 Å². The van der Waals surface area contributed by atoms with Crippen LogP contribution in [0.4, 0.5) is 0 Å². The van der Waals surface area contributed by atoms with Gasteiger partial charge in [0.05, 0.1) is 16.6 Å². The van der Waals surface area contributed by atoms with Gasteiger partial charge >= 0.3 is 0 Å². The van der Waals surface area contributed by atoms with E-state index in [1.165, 1.54) is 0 Å². The minimum atomic E-state index is -0.394. The molecule has 4 aromatic rings. The zero-order chi connectivity index (χ0) is 19.7. The van der Waals surface area contributed by atoms with Crippen molar-refractivity contribution in [3.63, 3.8) is 0 Å². The van der Waals surface area contributed by atoms with Crippen LogP contribution in [-0.4, -0.2) is 15.5 Å². The van der Waals surface area contributed by atoms with Crippen molar-refractivity contribution in [2.24, 2.45) is 5.84 Å². The first kappa shape index (κ1) is 17.6. The molecule has 1 heterocycles. The average Bonchev–Trinajstić information content (AvgIpc) is 2.74. The van der Waals surface area contributed by atoms with Crippen molar-refractivity contribution < 1.29 is 4.79 Å². The minimum Gasteiger partial charge on any atom is -0.290 e. The van der Waals surface area contributed by atoms with Gasteiger partial charge in [-0.2, -0.15) is 0 Å². The number of para-hydroxylation sites is 1. The first-order chi connectivity index (χ1) is 13.6. The van der Waals surface area contributed by atoms with Crippen LogP contribution in [0.15, 0.2) is 77.6 Å². The number of rotatable bonds is 3. The molecule has 0 aliphatic heterocycles. The lowest BCUT2D eigenvalue weighted by Gasteiger charge is -2.14. The maximum atomic E-state index is 13.3. The first-order valence-corrected chi connectivity index (χ1v) is 8.79. The standard InChI is InChI=1S/C22H18N4O2/c1-14-6-8-15(9-7-14)20-24-19-5-3-2-4-18(19)22(28)26(20)17-12-10-16(11-13-17)21(27)25-23/h2-13H,23H2,1H3,(H,25,27). The van der Waals surface area contributed by atoms with E-state index in [2.05, 4.69) is 5.43 Å². The molecular formula is C22H18N4O2. The Bertz CT molecular complexity index is 1230. The van der Waals surface area contributed by atoms with Crippen molar-refractivity contribution in [2.75, 3.05) is 0 Å². The Morgan fingerprint density at radius 2 is 1.64 bits per heavy atom. The summed E-state index contributed by atoms with van der Waals surface area (Å²) in [6.07, 6.45) is 0. The Morgan fingerprint density at radius 1 is 0.964 bits per heavy atom. The predicted octanol–water partition coefficient (Wildman–Crippen LogP) is 2.96.